The van der Waals surface area contributed by atoms with Gasteiger partial charge in [-0.05, 0) is 25.1 Å². The predicted molar refractivity (Wildman–Crippen MR) is 124 cm³/mol. The fourth-order valence-corrected chi connectivity index (χ4v) is 4.53. The molecule has 0 N–H and O–H groups in total. The molecule has 5 rings (SSSR count). The summed E-state index contributed by atoms with van der Waals surface area (Å²) in [5.74, 6) is 0.239. The third-order valence-corrected chi connectivity index (χ3v) is 6.23. The summed E-state index contributed by atoms with van der Waals surface area (Å²) >= 11 is 6.03. The molecule has 0 bridgehead atoms. The minimum Gasteiger partial charge on any atom is -0.495 e. The lowest BCUT2D eigenvalue weighted by molar-refractivity contribution is -0.134. The van der Waals surface area contributed by atoms with Crippen molar-refractivity contribution in [1.82, 2.24) is 24.6 Å². The highest BCUT2D eigenvalue weighted by Gasteiger charge is 2.30. The van der Waals surface area contributed by atoms with Crippen LogP contribution in [0, 0.1) is 5.82 Å². The van der Waals surface area contributed by atoms with Crippen molar-refractivity contribution in [2.45, 2.75) is 19.5 Å². The summed E-state index contributed by atoms with van der Waals surface area (Å²) in [4.78, 5) is 25.5. The van der Waals surface area contributed by atoms with Crippen molar-refractivity contribution in [2.24, 2.45) is 0 Å². The number of rotatable bonds is 5. The number of carbonyl (C=O) groups is 1. The summed E-state index contributed by atoms with van der Waals surface area (Å²) < 4.78 is 26.8. The van der Waals surface area contributed by atoms with Crippen LogP contribution in [0.5, 0.6) is 5.75 Å². The number of carbonyl (C=O) groups excluding carboxylic acids is 1. The maximum atomic E-state index is 14.6. The number of fused-ring (bicyclic) bond motifs is 1. The molecule has 1 aliphatic rings. The topological polar surface area (TPSA) is 89.5 Å². The minimum atomic E-state index is -0.424. The van der Waals surface area contributed by atoms with Gasteiger partial charge in [-0.1, -0.05) is 11.6 Å². The van der Waals surface area contributed by atoms with Gasteiger partial charge in [-0.25, -0.2) is 9.37 Å². The number of methoxy groups -OCH3 is 1. The van der Waals surface area contributed by atoms with E-state index in [0.717, 1.165) is 0 Å². The Morgan fingerprint density at radius 1 is 1.29 bits per heavy atom. The van der Waals surface area contributed by atoms with Gasteiger partial charge in [0.05, 0.1) is 29.5 Å². The molecular formula is C23H22ClFN6O3. The van der Waals surface area contributed by atoms with E-state index in [1.165, 1.54) is 25.6 Å². The fraction of sp³-hybridized carbons (Fsp3) is 0.304. The van der Waals surface area contributed by atoms with Crippen molar-refractivity contribution in [1.29, 1.82) is 0 Å². The molecule has 0 radical (unpaired) electrons. The summed E-state index contributed by atoms with van der Waals surface area (Å²) in [6, 6.07) is 6.34. The van der Waals surface area contributed by atoms with E-state index < -0.39 is 5.82 Å². The molecule has 0 saturated carbocycles. The number of nitrogens with zero attached hydrogens (tertiary/aromatic N) is 6. The molecule has 0 spiro atoms. The lowest BCUT2D eigenvalue weighted by Crippen LogP contribution is -2.55. The molecule has 1 amide bonds. The molecule has 1 atom stereocenters. The van der Waals surface area contributed by atoms with Crippen molar-refractivity contribution < 1.29 is 18.3 Å². The van der Waals surface area contributed by atoms with E-state index in [-0.39, 0.29) is 23.5 Å². The van der Waals surface area contributed by atoms with Gasteiger partial charge >= 0.3 is 0 Å². The Hall–Kier alpha value is -3.66. The number of aromatic nitrogens is 4. The Morgan fingerprint density at radius 3 is 2.88 bits per heavy atom. The van der Waals surface area contributed by atoms with Crippen LogP contribution in [-0.4, -0.2) is 63.3 Å². The number of pyridine rings is 1. The average Bonchev–Trinajstić information content (AvgIpc) is 3.48. The Bertz CT molecular complexity index is 1340. The van der Waals surface area contributed by atoms with Gasteiger partial charge in [0, 0.05) is 37.9 Å². The second kappa shape index (κ2) is 8.94. The van der Waals surface area contributed by atoms with Gasteiger partial charge in [-0.15, -0.1) is 0 Å². The van der Waals surface area contributed by atoms with E-state index in [0.29, 0.717) is 53.7 Å². The number of anilines is 1. The molecule has 4 aromatic rings. The van der Waals surface area contributed by atoms with Crippen LogP contribution in [0.1, 0.15) is 6.92 Å². The molecule has 1 aliphatic heterocycles. The van der Waals surface area contributed by atoms with Crippen molar-refractivity contribution >= 4 is 34.2 Å². The van der Waals surface area contributed by atoms with Gasteiger partial charge < -0.3 is 19.0 Å². The van der Waals surface area contributed by atoms with E-state index in [2.05, 4.69) is 15.1 Å². The number of ether oxygens (including phenoxy) is 1. The smallest absolute Gasteiger partial charge is 0.249 e. The summed E-state index contributed by atoms with van der Waals surface area (Å²) in [5.41, 5.74) is 2.21. The normalized spacial score (nSPS) is 16.3. The van der Waals surface area contributed by atoms with Crippen LogP contribution in [0.2, 0.25) is 5.02 Å². The molecule has 1 unspecified atom stereocenters. The first kappa shape index (κ1) is 22.1. The van der Waals surface area contributed by atoms with E-state index in [4.69, 9.17) is 20.8 Å². The summed E-state index contributed by atoms with van der Waals surface area (Å²) in [5, 5.41) is 4.78. The number of oxazole rings is 1. The zero-order valence-electron chi connectivity index (χ0n) is 18.6. The monoisotopic (exact) mass is 484 g/mol. The quantitative estimate of drug-likeness (QED) is 0.427. The lowest BCUT2D eigenvalue weighted by Gasteiger charge is -2.41. The van der Waals surface area contributed by atoms with Crippen LogP contribution in [0.3, 0.4) is 0 Å². The van der Waals surface area contributed by atoms with Crippen LogP contribution in [0.4, 0.5) is 10.1 Å². The van der Waals surface area contributed by atoms with Gasteiger partial charge in [0.25, 0.3) is 0 Å². The number of hydrogen-bond acceptors (Lipinski definition) is 7. The van der Waals surface area contributed by atoms with Gasteiger partial charge in [-0.2, -0.15) is 5.10 Å². The predicted octanol–water partition coefficient (Wildman–Crippen LogP) is 3.62. The van der Waals surface area contributed by atoms with Crippen molar-refractivity contribution in [3.05, 3.63) is 53.8 Å². The molecule has 1 saturated heterocycles. The number of piperazine rings is 1. The highest BCUT2D eigenvalue weighted by Crippen LogP contribution is 2.33. The Balaban J connectivity index is 1.34. The first-order valence-electron chi connectivity index (χ1n) is 10.7. The van der Waals surface area contributed by atoms with Crippen LogP contribution in [-0.2, 0) is 11.3 Å². The number of amides is 1. The molecular weight excluding hydrogens is 463 g/mol. The Kier molecular flexibility index (Phi) is 5.82. The third-order valence-electron chi connectivity index (χ3n) is 5.94. The van der Waals surface area contributed by atoms with Crippen molar-refractivity contribution in [3.63, 3.8) is 0 Å². The number of halogens is 2. The van der Waals surface area contributed by atoms with Gasteiger partial charge in [-0.3, -0.25) is 14.5 Å². The second-order valence-electron chi connectivity index (χ2n) is 8.03. The molecule has 9 nitrogen and oxygen atoms in total. The first-order valence-corrected chi connectivity index (χ1v) is 11.1. The van der Waals surface area contributed by atoms with Crippen LogP contribution < -0.4 is 9.64 Å². The first-order chi connectivity index (χ1) is 16.5. The molecule has 176 valence electrons. The van der Waals surface area contributed by atoms with Gasteiger partial charge in [0.1, 0.15) is 29.9 Å². The molecule has 1 aromatic carbocycles. The molecule has 11 heteroatoms. The van der Waals surface area contributed by atoms with E-state index >= 15 is 0 Å². The maximum absolute atomic E-state index is 14.6. The standard InChI is InChI=1S/C23H22ClFN6O3/c1-14-12-29(18-11-19(33-2)15(24)10-16(18)25)7-8-30(14)20(32)13-31-17-4-3-5-26-21(17)22(28-31)23-27-6-9-34-23/h3-6,9-11,14H,7-8,12-13H2,1-2H3. The average molecular weight is 485 g/mol. The van der Waals surface area contributed by atoms with Crippen molar-refractivity contribution in [2.75, 3.05) is 31.6 Å². The second-order valence-corrected chi connectivity index (χ2v) is 8.44. The van der Waals surface area contributed by atoms with E-state index in [1.54, 1.807) is 27.9 Å². The van der Waals surface area contributed by atoms with E-state index in [9.17, 15) is 9.18 Å². The zero-order chi connectivity index (χ0) is 23.8. The SMILES string of the molecule is COc1cc(N2CCN(C(=O)Cn3nc(-c4ncco4)c4ncccc43)C(C)C2)c(F)cc1Cl. The number of hydrogen-bond donors (Lipinski definition) is 0. The minimum absolute atomic E-state index is 0.0381. The van der Waals surface area contributed by atoms with Gasteiger partial charge in [0.2, 0.25) is 11.8 Å². The highest BCUT2D eigenvalue weighted by atomic mass is 35.5. The summed E-state index contributed by atoms with van der Waals surface area (Å²) in [6.07, 6.45) is 4.66. The fourth-order valence-electron chi connectivity index (χ4n) is 4.30. The van der Waals surface area contributed by atoms with Crippen LogP contribution in [0.15, 0.2) is 47.3 Å². The molecule has 0 aliphatic carbocycles. The molecule has 4 heterocycles. The van der Waals surface area contributed by atoms with Crippen LogP contribution >= 0.6 is 11.6 Å². The third kappa shape index (κ3) is 3.94. The molecule has 1 fully saturated rings. The lowest BCUT2D eigenvalue weighted by atomic mass is 10.1. The molecule has 3 aromatic heterocycles. The molecule has 34 heavy (non-hydrogen) atoms. The van der Waals surface area contributed by atoms with Gasteiger partial charge in [0.15, 0.2) is 5.69 Å². The maximum Gasteiger partial charge on any atom is 0.249 e. The highest BCUT2D eigenvalue weighted by molar-refractivity contribution is 6.32. The van der Waals surface area contributed by atoms with E-state index in [1.807, 2.05) is 17.9 Å². The summed E-state index contributed by atoms with van der Waals surface area (Å²) in [7, 11) is 1.49. The van der Waals surface area contributed by atoms with Crippen LogP contribution in [0.25, 0.3) is 22.6 Å². The Morgan fingerprint density at radius 2 is 2.15 bits per heavy atom. The van der Waals surface area contributed by atoms with Crippen molar-refractivity contribution in [3.8, 4) is 17.3 Å². The Labute approximate surface area is 199 Å². The zero-order valence-corrected chi connectivity index (χ0v) is 19.4. The largest absolute Gasteiger partial charge is 0.495 e. The summed E-state index contributed by atoms with van der Waals surface area (Å²) in [6.45, 7) is 3.36. The number of benzene rings is 1.